The highest BCUT2D eigenvalue weighted by molar-refractivity contribution is 5.77. The van der Waals surface area contributed by atoms with Gasteiger partial charge in [0.25, 0.3) is 0 Å². The number of amides is 1. The summed E-state index contributed by atoms with van der Waals surface area (Å²) in [6, 6.07) is 0. The van der Waals surface area contributed by atoms with Crippen molar-refractivity contribution in [3.8, 4) is 0 Å². The highest BCUT2D eigenvalue weighted by Gasteiger charge is 2.22. The normalized spacial score (nSPS) is 11.6. The predicted octanol–water partition coefficient (Wildman–Crippen LogP) is 8.92. The molecule has 0 aromatic carbocycles. The van der Waals surface area contributed by atoms with Gasteiger partial charge in [0, 0.05) is 6.54 Å². The van der Waals surface area contributed by atoms with Gasteiger partial charge in [-0.1, -0.05) is 123 Å². The number of nitrogens with zero attached hydrogens (tertiary/aromatic N) is 1. The van der Waals surface area contributed by atoms with E-state index in [2.05, 4.69) is 39.8 Å². The van der Waals surface area contributed by atoms with E-state index in [1.54, 1.807) is 0 Å². The van der Waals surface area contributed by atoms with E-state index in [9.17, 15) is 4.79 Å². The molecule has 0 spiro atoms. The van der Waals surface area contributed by atoms with Crippen molar-refractivity contribution in [2.75, 3.05) is 27.2 Å². The Morgan fingerprint density at radius 3 is 1.39 bits per heavy atom. The van der Waals surface area contributed by atoms with Gasteiger partial charge in [0.15, 0.2) is 0 Å². The van der Waals surface area contributed by atoms with Crippen molar-refractivity contribution >= 4 is 5.91 Å². The lowest BCUT2D eigenvalue weighted by Crippen LogP contribution is -2.41. The second-order valence-electron chi connectivity index (χ2n) is 10.9. The molecule has 0 fully saturated rings. The molecule has 0 aliphatic heterocycles. The third-order valence-electron chi connectivity index (χ3n) is 7.14. The molecule has 1 N–H and O–H groups in total. The molecule has 3 heteroatoms. The first kappa shape index (κ1) is 32.2. The summed E-state index contributed by atoms with van der Waals surface area (Å²) in [6.07, 6.45) is 27.4. The number of hydrogen-bond donors (Lipinski definition) is 1. The van der Waals surface area contributed by atoms with Crippen LogP contribution in [0, 0.1) is 0 Å². The quantitative estimate of drug-likeness (QED) is 0.106. The van der Waals surface area contributed by atoms with Crippen LogP contribution in [0.4, 0.5) is 0 Å². The zero-order chi connectivity index (χ0) is 24.6. The average molecular weight is 466 g/mol. The van der Waals surface area contributed by atoms with Crippen LogP contribution in [0.2, 0.25) is 0 Å². The Morgan fingerprint density at radius 1 is 0.606 bits per heavy atom. The summed E-state index contributed by atoms with van der Waals surface area (Å²) < 4.78 is 0.767. The minimum Gasteiger partial charge on any atom is -0.356 e. The standard InChI is InChI=1S/C30H60N2O/c1-6-8-10-12-14-16-17-18-19-21-23-25-27-32(4,5)29(3)28-30(33)31-26-24-22-20-15-13-11-9-7-2/h3,6-28H2,1-2,4-5H3/p+1. The molecular formula is C30H61N2O+. The fourth-order valence-electron chi connectivity index (χ4n) is 4.45. The fourth-order valence-corrected chi connectivity index (χ4v) is 4.45. The van der Waals surface area contributed by atoms with Crippen LogP contribution in [0.15, 0.2) is 12.3 Å². The summed E-state index contributed by atoms with van der Waals surface area (Å²) in [4.78, 5) is 12.3. The second-order valence-corrected chi connectivity index (χ2v) is 10.9. The van der Waals surface area contributed by atoms with Gasteiger partial charge in [0.1, 0.15) is 12.1 Å². The SMILES string of the molecule is C=C(CC(=O)NCCCCCCCCCC)[N+](C)(C)CCCCCCCCCCCCCC. The van der Waals surface area contributed by atoms with Crippen LogP contribution in [0.3, 0.4) is 0 Å². The van der Waals surface area contributed by atoms with Gasteiger partial charge in [0.05, 0.1) is 20.6 Å². The molecule has 0 radical (unpaired) electrons. The smallest absolute Gasteiger partial charge is 0.229 e. The van der Waals surface area contributed by atoms with E-state index < -0.39 is 0 Å². The van der Waals surface area contributed by atoms with Crippen molar-refractivity contribution < 1.29 is 9.28 Å². The van der Waals surface area contributed by atoms with Crippen molar-refractivity contribution in [3.05, 3.63) is 12.3 Å². The van der Waals surface area contributed by atoms with Crippen LogP contribution in [-0.2, 0) is 4.79 Å². The molecule has 3 nitrogen and oxygen atoms in total. The lowest BCUT2D eigenvalue weighted by Gasteiger charge is -2.31. The van der Waals surface area contributed by atoms with Crippen molar-refractivity contribution in [1.82, 2.24) is 5.32 Å². The summed E-state index contributed by atoms with van der Waals surface area (Å²) in [7, 11) is 4.40. The zero-order valence-electron chi connectivity index (χ0n) is 23.3. The molecule has 0 heterocycles. The van der Waals surface area contributed by atoms with Gasteiger partial charge in [0.2, 0.25) is 5.91 Å². The zero-order valence-corrected chi connectivity index (χ0v) is 23.3. The van der Waals surface area contributed by atoms with Crippen molar-refractivity contribution in [3.63, 3.8) is 0 Å². The largest absolute Gasteiger partial charge is 0.356 e. The molecule has 0 saturated heterocycles. The predicted molar refractivity (Wildman–Crippen MR) is 147 cm³/mol. The Kier molecular flexibility index (Phi) is 22.4. The summed E-state index contributed by atoms with van der Waals surface area (Å²) >= 11 is 0. The summed E-state index contributed by atoms with van der Waals surface area (Å²) in [5.41, 5.74) is 1.03. The first-order valence-corrected chi connectivity index (χ1v) is 14.7. The molecule has 0 rings (SSSR count). The van der Waals surface area contributed by atoms with Gasteiger partial charge in [-0.25, -0.2) is 0 Å². The number of quaternary nitrogens is 1. The van der Waals surface area contributed by atoms with Crippen molar-refractivity contribution in [1.29, 1.82) is 0 Å². The Hall–Kier alpha value is -0.830. The highest BCUT2D eigenvalue weighted by atomic mass is 16.1. The van der Waals surface area contributed by atoms with Gasteiger partial charge < -0.3 is 5.32 Å². The average Bonchev–Trinajstić information content (AvgIpc) is 2.78. The van der Waals surface area contributed by atoms with Crippen LogP contribution in [-0.4, -0.2) is 37.6 Å². The Bertz CT molecular complexity index is 458. The number of carbonyl (C=O) groups excluding carboxylic acids is 1. The van der Waals surface area contributed by atoms with E-state index in [1.807, 2.05) is 0 Å². The van der Waals surface area contributed by atoms with E-state index in [4.69, 9.17) is 0 Å². The monoisotopic (exact) mass is 465 g/mol. The molecule has 0 bridgehead atoms. The molecule has 0 atom stereocenters. The number of carbonyl (C=O) groups is 1. The van der Waals surface area contributed by atoms with E-state index in [-0.39, 0.29) is 5.91 Å². The van der Waals surface area contributed by atoms with E-state index in [0.717, 1.165) is 29.7 Å². The van der Waals surface area contributed by atoms with Gasteiger partial charge in [-0.2, -0.15) is 0 Å². The maximum Gasteiger partial charge on any atom is 0.229 e. The third kappa shape index (κ3) is 21.4. The van der Waals surface area contributed by atoms with Gasteiger partial charge in [-0.05, 0) is 25.8 Å². The van der Waals surface area contributed by atoms with Crippen LogP contribution in [0.5, 0.6) is 0 Å². The highest BCUT2D eigenvalue weighted by Crippen LogP contribution is 2.17. The molecule has 0 saturated carbocycles. The molecule has 33 heavy (non-hydrogen) atoms. The van der Waals surface area contributed by atoms with E-state index in [0.29, 0.717) is 6.42 Å². The van der Waals surface area contributed by atoms with Crippen LogP contribution in [0.25, 0.3) is 0 Å². The number of hydrogen-bond acceptors (Lipinski definition) is 1. The summed E-state index contributed by atoms with van der Waals surface area (Å²) in [6.45, 7) is 10.7. The Balaban J connectivity index is 3.64. The Labute approximate surface area is 208 Å². The first-order valence-electron chi connectivity index (χ1n) is 14.7. The fraction of sp³-hybridized carbons (Fsp3) is 0.900. The summed E-state index contributed by atoms with van der Waals surface area (Å²) in [5.74, 6) is 0.142. The molecular weight excluding hydrogens is 404 g/mol. The summed E-state index contributed by atoms with van der Waals surface area (Å²) in [5, 5.41) is 3.10. The molecule has 196 valence electrons. The van der Waals surface area contributed by atoms with Crippen molar-refractivity contribution in [2.45, 2.75) is 149 Å². The Morgan fingerprint density at radius 2 is 0.970 bits per heavy atom. The van der Waals surface area contributed by atoms with Gasteiger partial charge in [-0.15, -0.1) is 0 Å². The van der Waals surface area contributed by atoms with E-state index in [1.165, 1.54) is 122 Å². The third-order valence-corrected chi connectivity index (χ3v) is 7.14. The van der Waals surface area contributed by atoms with Crippen LogP contribution < -0.4 is 5.32 Å². The van der Waals surface area contributed by atoms with E-state index >= 15 is 0 Å². The number of rotatable bonds is 25. The second kappa shape index (κ2) is 22.9. The maximum absolute atomic E-state index is 12.3. The molecule has 0 aliphatic rings. The number of unbranched alkanes of at least 4 members (excludes halogenated alkanes) is 18. The maximum atomic E-state index is 12.3. The minimum atomic E-state index is 0.142. The molecule has 1 amide bonds. The molecule has 0 aromatic heterocycles. The van der Waals surface area contributed by atoms with Gasteiger partial charge in [-0.3, -0.25) is 9.28 Å². The van der Waals surface area contributed by atoms with Gasteiger partial charge >= 0.3 is 0 Å². The topological polar surface area (TPSA) is 29.1 Å². The van der Waals surface area contributed by atoms with Crippen LogP contribution in [0.1, 0.15) is 149 Å². The van der Waals surface area contributed by atoms with Crippen LogP contribution >= 0.6 is 0 Å². The molecule has 0 unspecified atom stereocenters. The molecule has 0 aliphatic carbocycles. The van der Waals surface area contributed by atoms with Crippen molar-refractivity contribution in [2.24, 2.45) is 0 Å². The first-order chi connectivity index (χ1) is 15.9. The lowest BCUT2D eigenvalue weighted by molar-refractivity contribution is -0.853. The minimum absolute atomic E-state index is 0.142. The molecule has 0 aromatic rings. The number of nitrogens with one attached hydrogen (secondary N) is 1. The lowest BCUT2D eigenvalue weighted by atomic mass is 10.0.